The number of nitrogens with one attached hydrogen (secondary N) is 1. The first-order valence-corrected chi connectivity index (χ1v) is 8.21. The number of morpholine rings is 1. The second-order valence-electron chi connectivity index (χ2n) is 5.52. The van der Waals surface area contributed by atoms with E-state index >= 15 is 0 Å². The normalized spacial score (nSPS) is 21.8. The molecular formula is C15H20N2O3S. The number of fused-ring (bicyclic) bond motifs is 1. The van der Waals surface area contributed by atoms with Crippen molar-refractivity contribution in [3.8, 4) is 0 Å². The molecule has 6 heteroatoms. The molecule has 0 aromatic carbocycles. The van der Waals surface area contributed by atoms with Crippen molar-refractivity contribution in [2.45, 2.75) is 19.3 Å². The Kier molecular flexibility index (Phi) is 4.26. The second-order valence-corrected chi connectivity index (χ2v) is 6.65. The summed E-state index contributed by atoms with van der Waals surface area (Å²) in [6, 6.07) is 1.99. The number of hydrogen-bond donors (Lipinski definition) is 1. The maximum Gasteiger partial charge on any atom is 0.264 e. The first-order valence-electron chi connectivity index (χ1n) is 7.39. The van der Waals surface area contributed by atoms with Crippen LogP contribution in [-0.2, 0) is 22.4 Å². The van der Waals surface area contributed by atoms with E-state index in [1.165, 1.54) is 10.4 Å². The lowest BCUT2D eigenvalue weighted by Gasteiger charge is -2.26. The molecule has 1 saturated heterocycles. The number of thiophene rings is 1. The van der Waals surface area contributed by atoms with Crippen molar-refractivity contribution < 1.29 is 14.3 Å². The Morgan fingerprint density at radius 1 is 1.38 bits per heavy atom. The van der Waals surface area contributed by atoms with Gasteiger partial charge < -0.3 is 15.0 Å². The highest BCUT2D eigenvalue weighted by molar-refractivity contribution is 7.14. The van der Waals surface area contributed by atoms with Gasteiger partial charge >= 0.3 is 0 Å². The summed E-state index contributed by atoms with van der Waals surface area (Å²) in [6.45, 7) is 2.58. The van der Waals surface area contributed by atoms with E-state index in [2.05, 4.69) is 5.32 Å². The molecule has 1 fully saturated rings. The number of carbonyl (C=O) groups excluding carboxylic acids is 2. The molecule has 3 rings (SSSR count). The summed E-state index contributed by atoms with van der Waals surface area (Å²) in [7, 11) is 1.68. The van der Waals surface area contributed by atoms with Crippen LogP contribution in [0, 0.1) is 5.92 Å². The summed E-state index contributed by atoms with van der Waals surface area (Å²) >= 11 is 1.59. The van der Waals surface area contributed by atoms with E-state index < -0.39 is 0 Å². The van der Waals surface area contributed by atoms with Gasteiger partial charge in [-0.05, 0) is 30.9 Å². The van der Waals surface area contributed by atoms with Crippen LogP contribution < -0.4 is 5.32 Å². The van der Waals surface area contributed by atoms with E-state index in [9.17, 15) is 9.59 Å². The zero-order valence-corrected chi connectivity index (χ0v) is 13.0. The van der Waals surface area contributed by atoms with Gasteiger partial charge in [-0.3, -0.25) is 9.59 Å². The van der Waals surface area contributed by atoms with Crippen molar-refractivity contribution in [2.75, 3.05) is 33.4 Å². The Bertz CT molecular complexity index is 549. The van der Waals surface area contributed by atoms with Crippen LogP contribution in [0.5, 0.6) is 0 Å². The predicted octanol–water partition coefficient (Wildman–Crippen LogP) is 1.07. The molecule has 1 aromatic rings. The Labute approximate surface area is 128 Å². The van der Waals surface area contributed by atoms with Gasteiger partial charge in [0.15, 0.2) is 0 Å². The van der Waals surface area contributed by atoms with E-state index in [1.54, 1.807) is 18.4 Å². The van der Waals surface area contributed by atoms with Gasteiger partial charge in [-0.2, -0.15) is 0 Å². The van der Waals surface area contributed by atoms with Crippen LogP contribution in [0.1, 0.15) is 26.5 Å². The van der Waals surface area contributed by atoms with Gasteiger partial charge in [0.25, 0.3) is 5.91 Å². The molecule has 5 nitrogen and oxygen atoms in total. The van der Waals surface area contributed by atoms with Gasteiger partial charge in [-0.1, -0.05) is 0 Å². The van der Waals surface area contributed by atoms with Gasteiger partial charge in [0.05, 0.1) is 18.1 Å². The Hall–Kier alpha value is -1.40. The number of amides is 2. The minimum atomic E-state index is 0.0449. The molecule has 0 radical (unpaired) electrons. The van der Waals surface area contributed by atoms with E-state index in [-0.39, 0.29) is 17.7 Å². The first-order chi connectivity index (χ1) is 10.2. The van der Waals surface area contributed by atoms with Crippen LogP contribution in [0.15, 0.2) is 6.07 Å². The SMILES string of the molecule is CNC(=O)C1CCc2sc(C(=O)N3CCOCC3)cc2C1. The highest BCUT2D eigenvalue weighted by Crippen LogP contribution is 2.33. The lowest BCUT2D eigenvalue weighted by molar-refractivity contribution is -0.124. The number of ether oxygens (including phenoxy) is 1. The van der Waals surface area contributed by atoms with E-state index in [0.717, 1.165) is 24.1 Å². The Morgan fingerprint density at radius 2 is 2.14 bits per heavy atom. The quantitative estimate of drug-likeness (QED) is 0.889. The van der Waals surface area contributed by atoms with Crippen LogP contribution in [0.4, 0.5) is 0 Å². The highest BCUT2D eigenvalue weighted by atomic mass is 32.1. The van der Waals surface area contributed by atoms with Gasteiger partial charge in [-0.15, -0.1) is 11.3 Å². The largest absolute Gasteiger partial charge is 0.378 e. The molecule has 2 aliphatic rings. The molecule has 0 saturated carbocycles. The Morgan fingerprint density at radius 3 is 2.86 bits per heavy atom. The molecular weight excluding hydrogens is 288 g/mol. The molecule has 0 spiro atoms. The molecule has 0 bridgehead atoms. The maximum atomic E-state index is 12.5. The summed E-state index contributed by atoms with van der Waals surface area (Å²) < 4.78 is 5.28. The van der Waals surface area contributed by atoms with Gasteiger partial charge in [0, 0.05) is 30.9 Å². The molecule has 2 heterocycles. The van der Waals surface area contributed by atoms with Crippen molar-refractivity contribution in [3.63, 3.8) is 0 Å². The number of nitrogens with zero attached hydrogens (tertiary/aromatic N) is 1. The molecule has 1 aromatic heterocycles. The summed E-state index contributed by atoms with van der Waals surface area (Å²) in [5.74, 6) is 0.255. The lowest BCUT2D eigenvalue weighted by Crippen LogP contribution is -2.40. The van der Waals surface area contributed by atoms with Gasteiger partial charge in [0.2, 0.25) is 5.91 Å². The third-order valence-electron chi connectivity index (χ3n) is 4.21. The summed E-state index contributed by atoms with van der Waals surface area (Å²) in [5.41, 5.74) is 1.18. The first kappa shape index (κ1) is 14.5. The molecule has 1 unspecified atom stereocenters. The zero-order chi connectivity index (χ0) is 14.8. The number of carbonyl (C=O) groups is 2. The molecule has 1 aliphatic heterocycles. The topological polar surface area (TPSA) is 58.6 Å². The van der Waals surface area contributed by atoms with E-state index in [1.807, 2.05) is 11.0 Å². The number of hydrogen-bond acceptors (Lipinski definition) is 4. The second kappa shape index (κ2) is 6.15. The predicted molar refractivity (Wildman–Crippen MR) is 80.6 cm³/mol. The summed E-state index contributed by atoms with van der Waals surface area (Å²) in [5, 5.41) is 2.72. The van der Waals surface area contributed by atoms with E-state index in [4.69, 9.17) is 4.74 Å². The molecule has 1 N–H and O–H groups in total. The Balaban J connectivity index is 1.74. The lowest BCUT2D eigenvalue weighted by atomic mass is 9.88. The van der Waals surface area contributed by atoms with Crippen LogP contribution in [0.2, 0.25) is 0 Å². The van der Waals surface area contributed by atoms with Gasteiger partial charge in [-0.25, -0.2) is 0 Å². The van der Waals surface area contributed by atoms with Crippen molar-refractivity contribution in [3.05, 3.63) is 21.4 Å². The van der Waals surface area contributed by atoms with Crippen molar-refractivity contribution in [2.24, 2.45) is 5.92 Å². The van der Waals surface area contributed by atoms with Crippen LogP contribution >= 0.6 is 11.3 Å². The molecule has 1 atom stereocenters. The summed E-state index contributed by atoms with van der Waals surface area (Å²) in [4.78, 5) is 28.2. The average molecular weight is 308 g/mol. The van der Waals surface area contributed by atoms with Crippen molar-refractivity contribution in [1.82, 2.24) is 10.2 Å². The highest BCUT2D eigenvalue weighted by Gasteiger charge is 2.28. The molecule has 21 heavy (non-hydrogen) atoms. The smallest absolute Gasteiger partial charge is 0.264 e. The molecule has 2 amide bonds. The average Bonchev–Trinajstić information content (AvgIpc) is 2.97. The number of aryl methyl sites for hydroxylation is 1. The maximum absolute atomic E-state index is 12.5. The van der Waals surface area contributed by atoms with Crippen LogP contribution in [-0.4, -0.2) is 50.1 Å². The molecule has 1 aliphatic carbocycles. The fraction of sp³-hybridized carbons (Fsp3) is 0.600. The van der Waals surface area contributed by atoms with Gasteiger partial charge in [0.1, 0.15) is 0 Å². The third kappa shape index (κ3) is 2.96. The monoisotopic (exact) mass is 308 g/mol. The third-order valence-corrected chi connectivity index (χ3v) is 5.43. The van der Waals surface area contributed by atoms with Crippen LogP contribution in [0.3, 0.4) is 0 Å². The summed E-state index contributed by atoms with van der Waals surface area (Å²) in [6.07, 6.45) is 2.52. The molecule has 114 valence electrons. The standard InChI is InChI=1S/C15H20N2O3S/c1-16-14(18)10-2-3-12-11(8-10)9-13(21-12)15(19)17-4-6-20-7-5-17/h9-10H,2-8H2,1H3,(H,16,18). The fourth-order valence-corrected chi connectivity index (χ4v) is 4.16. The van der Waals surface area contributed by atoms with Crippen molar-refractivity contribution >= 4 is 23.2 Å². The zero-order valence-electron chi connectivity index (χ0n) is 12.2. The van der Waals surface area contributed by atoms with E-state index in [0.29, 0.717) is 26.3 Å². The van der Waals surface area contributed by atoms with Crippen molar-refractivity contribution in [1.29, 1.82) is 0 Å². The number of rotatable bonds is 2. The fourth-order valence-electron chi connectivity index (χ4n) is 2.98. The van der Waals surface area contributed by atoms with Crippen LogP contribution in [0.25, 0.3) is 0 Å². The minimum absolute atomic E-state index is 0.0449. The minimum Gasteiger partial charge on any atom is -0.378 e.